The molecular formula is C16H17N2O3S+. The second-order valence-corrected chi connectivity index (χ2v) is 6.13. The van der Waals surface area contributed by atoms with Gasteiger partial charge in [0.1, 0.15) is 12.3 Å². The molecule has 2 aromatic rings. The molecule has 0 spiro atoms. The lowest BCUT2D eigenvalue weighted by Gasteiger charge is -2.14. The molecule has 1 aliphatic rings. The van der Waals surface area contributed by atoms with Crippen LogP contribution in [0.3, 0.4) is 0 Å². The molecule has 1 fully saturated rings. The van der Waals surface area contributed by atoms with Crippen molar-refractivity contribution in [2.75, 3.05) is 12.0 Å². The number of hydrogen-bond acceptors (Lipinski definition) is 4. The van der Waals surface area contributed by atoms with Crippen LogP contribution in [0.2, 0.25) is 0 Å². The Morgan fingerprint density at radius 3 is 2.68 bits per heavy atom. The number of anilines is 1. The number of benzene rings is 1. The van der Waals surface area contributed by atoms with E-state index in [9.17, 15) is 9.59 Å². The first kappa shape index (κ1) is 14.7. The lowest BCUT2D eigenvalue weighted by Crippen LogP contribution is -2.90. The Kier molecular flexibility index (Phi) is 4.22. The average Bonchev–Trinajstić information content (AvgIpc) is 3.14. The minimum absolute atomic E-state index is 0.147. The van der Waals surface area contributed by atoms with Crippen LogP contribution in [0.25, 0.3) is 0 Å². The molecule has 2 heterocycles. The third kappa shape index (κ3) is 2.88. The van der Waals surface area contributed by atoms with Gasteiger partial charge in [0.25, 0.3) is 5.91 Å². The number of nitrogens with two attached hydrogens (primary N) is 1. The molecule has 114 valence electrons. The van der Waals surface area contributed by atoms with Gasteiger partial charge in [-0.3, -0.25) is 9.59 Å². The number of amides is 2. The molecule has 3 rings (SSSR count). The number of thiophene rings is 1. The van der Waals surface area contributed by atoms with E-state index in [1.54, 1.807) is 42.7 Å². The van der Waals surface area contributed by atoms with Crippen molar-refractivity contribution >= 4 is 28.8 Å². The van der Waals surface area contributed by atoms with Gasteiger partial charge >= 0.3 is 0 Å². The molecule has 0 unspecified atom stereocenters. The predicted molar refractivity (Wildman–Crippen MR) is 83.8 cm³/mol. The lowest BCUT2D eigenvalue weighted by atomic mass is 10.2. The molecule has 1 aromatic carbocycles. The SMILES string of the molecule is COc1ccc(N2C(=O)C[C@H]([NH2+]Cc3cccs3)C2=O)cc1. The minimum Gasteiger partial charge on any atom is -0.497 e. The van der Waals surface area contributed by atoms with Gasteiger partial charge in [-0.25, -0.2) is 4.90 Å². The van der Waals surface area contributed by atoms with E-state index in [0.717, 1.165) is 6.54 Å². The monoisotopic (exact) mass is 317 g/mol. The molecule has 1 aromatic heterocycles. The van der Waals surface area contributed by atoms with Gasteiger partial charge in [-0.1, -0.05) is 6.07 Å². The largest absolute Gasteiger partial charge is 0.497 e. The minimum atomic E-state index is -0.336. The fraction of sp³-hybridized carbons (Fsp3) is 0.250. The molecule has 5 nitrogen and oxygen atoms in total. The maximum absolute atomic E-state index is 12.5. The Morgan fingerprint density at radius 1 is 1.27 bits per heavy atom. The van der Waals surface area contributed by atoms with Crippen LogP contribution in [0.1, 0.15) is 11.3 Å². The van der Waals surface area contributed by atoms with Gasteiger partial charge in [-0.05, 0) is 35.7 Å². The van der Waals surface area contributed by atoms with Crippen molar-refractivity contribution in [3.8, 4) is 5.75 Å². The van der Waals surface area contributed by atoms with Gasteiger partial charge in [0, 0.05) is 0 Å². The first-order chi connectivity index (χ1) is 10.7. The molecule has 0 bridgehead atoms. The summed E-state index contributed by atoms with van der Waals surface area (Å²) in [7, 11) is 1.58. The highest BCUT2D eigenvalue weighted by Crippen LogP contribution is 2.24. The van der Waals surface area contributed by atoms with Gasteiger partial charge < -0.3 is 10.1 Å². The summed E-state index contributed by atoms with van der Waals surface area (Å²) in [5.74, 6) is 0.401. The van der Waals surface area contributed by atoms with Crippen LogP contribution in [-0.2, 0) is 16.1 Å². The van der Waals surface area contributed by atoms with E-state index in [1.807, 2.05) is 22.8 Å². The predicted octanol–water partition coefficient (Wildman–Crippen LogP) is 1.15. The molecular weight excluding hydrogens is 300 g/mol. The number of carbonyl (C=O) groups excluding carboxylic acids is 2. The highest BCUT2D eigenvalue weighted by Gasteiger charge is 2.42. The number of hydrogen-bond donors (Lipinski definition) is 1. The first-order valence-electron chi connectivity index (χ1n) is 7.05. The van der Waals surface area contributed by atoms with E-state index in [0.29, 0.717) is 11.4 Å². The van der Waals surface area contributed by atoms with Crippen LogP contribution >= 0.6 is 11.3 Å². The average molecular weight is 317 g/mol. The quantitative estimate of drug-likeness (QED) is 0.842. The number of rotatable bonds is 5. The summed E-state index contributed by atoms with van der Waals surface area (Å²) < 4.78 is 5.09. The van der Waals surface area contributed by atoms with E-state index in [2.05, 4.69) is 0 Å². The van der Waals surface area contributed by atoms with Crippen molar-refractivity contribution in [2.45, 2.75) is 19.0 Å². The molecule has 6 heteroatoms. The van der Waals surface area contributed by atoms with E-state index in [-0.39, 0.29) is 24.3 Å². The number of nitrogens with zero attached hydrogens (tertiary/aromatic N) is 1. The summed E-state index contributed by atoms with van der Waals surface area (Å²) in [6.07, 6.45) is 0.246. The fourth-order valence-corrected chi connectivity index (χ4v) is 3.21. The zero-order valence-corrected chi connectivity index (χ0v) is 13.0. The van der Waals surface area contributed by atoms with Crippen LogP contribution < -0.4 is 15.0 Å². The van der Waals surface area contributed by atoms with E-state index in [1.165, 1.54) is 9.78 Å². The molecule has 1 saturated heterocycles. The van der Waals surface area contributed by atoms with E-state index < -0.39 is 0 Å². The third-order valence-electron chi connectivity index (χ3n) is 3.70. The zero-order chi connectivity index (χ0) is 15.5. The number of quaternary nitrogens is 1. The normalized spacial score (nSPS) is 18.0. The highest BCUT2D eigenvalue weighted by molar-refractivity contribution is 7.09. The summed E-state index contributed by atoms with van der Waals surface area (Å²) in [5, 5.41) is 3.95. The van der Waals surface area contributed by atoms with Crippen molar-refractivity contribution in [2.24, 2.45) is 0 Å². The molecule has 0 saturated carbocycles. The summed E-state index contributed by atoms with van der Waals surface area (Å²) in [4.78, 5) is 27.1. The Morgan fingerprint density at radius 2 is 2.05 bits per heavy atom. The number of imide groups is 1. The van der Waals surface area contributed by atoms with Crippen LogP contribution in [0.5, 0.6) is 5.75 Å². The standard InChI is InChI=1S/C16H16N2O3S/c1-21-12-6-4-11(5-7-12)18-15(19)9-14(16(18)20)17-10-13-3-2-8-22-13/h2-8,14,17H,9-10H2,1H3/p+1/t14-/m0/s1. The molecule has 2 amide bonds. The molecule has 0 radical (unpaired) electrons. The second-order valence-electron chi connectivity index (χ2n) is 5.10. The van der Waals surface area contributed by atoms with Crippen molar-refractivity contribution in [3.63, 3.8) is 0 Å². The van der Waals surface area contributed by atoms with E-state index in [4.69, 9.17) is 4.74 Å². The number of ether oxygens (including phenoxy) is 1. The summed E-state index contributed by atoms with van der Waals surface area (Å²) in [6.45, 7) is 0.720. The van der Waals surface area contributed by atoms with Crippen molar-refractivity contribution in [1.29, 1.82) is 0 Å². The zero-order valence-electron chi connectivity index (χ0n) is 12.2. The Bertz CT molecular complexity index is 667. The molecule has 22 heavy (non-hydrogen) atoms. The van der Waals surface area contributed by atoms with Crippen LogP contribution in [0.4, 0.5) is 5.69 Å². The number of methoxy groups -OCH3 is 1. The summed E-state index contributed by atoms with van der Waals surface area (Å²) in [6, 6.07) is 10.6. The fourth-order valence-electron chi connectivity index (χ4n) is 2.53. The van der Waals surface area contributed by atoms with Crippen molar-refractivity contribution in [1.82, 2.24) is 0 Å². The second kappa shape index (κ2) is 6.29. The number of carbonyl (C=O) groups is 2. The Labute approximate surface area is 132 Å². The summed E-state index contributed by atoms with van der Waals surface area (Å²) in [5.41, 5.74) is 0.600. The van der Waals surface area contributed by atoms with Gasteiger partial charge in [0.05, 0.1) is 24.1 Å². The molecule has 2 N–H and O–H groups in total. The van der Waals surface area contributed by atoms with Gasteiger partial charge in [0.2, 0.25) is 5.91 Å². The van der Waals surface area contributed by atoms with Crippen LogP contribution in [0.15, 0.2) is 41.8 Å². The lowest BCUT2D eigenvalue weighted by molar-refractivity contribution is -0.689. The maximum atomic E-state index is 12.5. The van der Waals surface area contributed by atoms with Gasteiger partial charge in [-0.2, -0.15) is 0 Å². The summed E-state index contributed by atoms with van der Waals surface area (Å²) >= 11 is 1.65. The van der Waals surface area contributed by atoms with Crippen molar-refractivity contribution < 1.29 is 19.6 Å². The van der Waals surface area contributed by atoms with Gasteiger partial charge in [-0.15, -0.1) is 11.3 Å². The van der Waals surface area contributed by atoms with Gasteiger partial charge in [0.15, 0.2) is 6.04 Å². The topological polar surface area (TPSA) is 63.2 Å². The van der Waals surface area contributed by atoms with Crippen molar-refractivity contribution in [3.05, 3.63) is 46.7 Å². The molecule has 1 aliphatic heterocycles. The Hall–Kier alpha value is -2.18. The maximum Gasteiger partial charge on any atom is 0.292 e. The first-order valence-corrected chi connectivity index (χ1v) is 7.93. The third-order valence-corrected chi connectivity index (χ3v) is 4.59. The molecule has 1 atom stereocenters. The van der Waals surface area contributed by atoms with Crippen LogP contribution in [-0.4, -0.2) is 25.0 Å². The molecule has 0 aliphatic carbocycles. The Balaban J connectivity index is 1.70. The van der Waals surface area contributed by atoms with Crippen LogP contribution in [0, 0.1) is 0 Å². The highest BCUT2D eigenvalue weighted by atomic mass is 32.1. The smallest absolute Gasteiger partial charge is 0.292 e. The van der Waals surface area contributed by atoms with E-state index >= 15 is 0 Å².